The molecule has 3 N–H and O–H groups in total. The van der Waals surface area contributed by atoms with E-state index in [4.69, 9.17) is 22.0 Å². The third kappa shape index (κ3) is 4.07. The highest BCUT2D eigenvalue weighted by molar-refractivity contribution is 7.21. The standard InChI is InChI=1S/C15H16ClN5O3S/c16-12-10-5-1-2-6-11(10)25-13(12)14(22)17-7-3-4-8-20-9-18-15(19-20)21(23)24/h1-2,5-6,9,23-24H,3-4,7-8H2,(H,17,22). The summed E-state index contributed by atoms with van der Waals surface area (Å²) in [6, 6.07) is 7.65. The van der Waals surface area contributed by atoms with Crippen LogP contribution in [0, 0.1) is 0 Å². The van der Waals surface area contributed by atoms with E-state index in [1.807, 2.05) is 24.3 Å². The van der Waals surface area contributed by atoms with Gasteiger partial charge in [-0.3, -0.25) is 19.9 Å². The zero-order chi connectivity index (χ0) is 17.8. The number of rotatable bonds is 7. The van der Waals surface area contributed by atoms with Crippen molar-refractivity contribution in [3.63, 3.8) is 0 Å². The molecule has 0 fully saturated rings. The third-order valence-corrected chi connectivity index (χ3v) is 5.22. The smallest absolute Gasteiger partial charge is 0.295 e. The Morgan fingerprint density at radius 2 is 2.12 bits per heavy atom. The highest BCUT2D eigenvalue weighted by Gasteiger charge is 2.16. The number of hydrogen-bond donors (Lipinski definition) is 3. The molecular formula is C15H16ClN5O3S. The number of nitrogens with one attached hydrogen (secondary N) is 1. The highest BCUT2D eigenvalue weighted by Crippen LogP contribution is 2.34. The van der Waals surface area contributed by atoms with Crippen LogP contribution in [0.25, 0.3) is 10.1 Å². The number of amides is 1. The Labute approximate surface area is 152 Å². The molecule has 3 rings (SSSR count). The fraction of sp³-hybridized carbons (Fsp3) is 0.267. The molecule has 0 atom stereocenters. The average molecular weight is 382 g/mol. The molecular weight excluding hydrogens is 366 g/mol. The van der Waals surface area contributed by atoms with Crippen molar-refractivity contribution in [2.24, 2.45) is 0 Å². The Bertz CT molecular complexity index is 879. The Balaban J connectivity index is 1.46. The summed E-state index contributed by atoms with van der Waals surface area (Å²) in [6.45, 7) is 1.07. The number of aromatic nitrogens is 3. The molecule has 0 unspecified atom stereocenters. The van der Waals surface area contributed by atoms with Crippen molar-refractivity contribution in [1.29, 1.82) is 0 Å². The third-order valence-electron chi connectivity index (χ3n) is 3.54. The second-order valence-corrected chi connectivity index (χ2v) is 6.73. The van der Waals surface area contributed by atoms with Gasteiger partial charge in [-0.25, -0.2) is 0 Å². The first-order chi connectivity index (χ1) is 12.1. The van der Waals surface area contributed by atoms with E-state index in [1.165, 1.54) is 22.3 Å². The van der Waals surface area contributed by atoms with Crippen molar-refractivity contribution in [3.8, 4) is 0 Å². The quantitative estimate of drug-likeness (QED) is 0.429. The van der Waals surface area contributed by atoms with E-state index in [-0.39, 0.29) is 17.1 Å². The largest absolute Gasteiger partial charge is 0.351 e. The van der Waals surface area contributed by atoms with Gasteiger partial charge in [-0.15, -0.1) is 16.4 Å². The summed E-state index contributed by atoms with van der Waals surface area (Å²) >= 11 is 7.67. The first-order valence-electron chi connectivity index (χ1n) is 7.59. The van der Waals surface area contributed by atoms with Crippen molar-refractivity contribution >= 4 is 44.9 Å². The Kier molecular flexibility index (Phi) is 5.49. The topological polar surface area (TPSA) is 104 Å². The van der Waals surface area contributed by atoms with E-state index in [2.05, 4.69) is 15.4 Å². The van der Waals surface area contributed by atoms with Crippen LogP contribution in [0.1, 0.15) is 22.5 Å². The lowest BCUT2D eigenvalue weighted by atomic mass is 10.2. The van der Waals surface area contributed by atoms with Gasteiger partial charge in [0.05, 0.1) is 5.02 Å². The van der Waals surface area contributed by atoms with E-state index in [0.29, 0.717) is 23.0 Å². The Hall–Kier alpha value is -2.20. The van der Waals surface area contributed by atoms with Gasteiger partial charge in [-0.1, -0.05) is 35.0 Å². The van der Waals surface area contributed by atoms with Crippen LogP contribution in [0.3, 0.4) is 0 Å². The minimum atomic E-state index is -0.187. The molecule has 132 valence electrons. The fourth-order valence-electron chi connectivity index (χ4n) is 2.33. The van der Waals surface area contributed by atoms with Crippen molar-refractivity contribution in [3.05, 3.63) is 40.5 Å². The summed E-state index contributed by atoms with van der Waals surface area (Å²) < 4.78 is 2.49. The number of carbonyl (C=O) groups excluding carboxylic acids is 1. The lowest BCUT2D eigenvalue weighted by Gasteiger charge is -2.04. The van der Waals surface area contributed by atoms with E-state index in [1.54, 1.807) is 0 Å². The summed E-state index contributed by atoms with van der Waals surface area (Å²) in [5.74, 6) is -0.363. The predicted molar refractivity (Wildman–Crippen MR) is 94.5 cm³/mol. The SMILES string of the molecule is O=C(NCCCCn1cnc(N(O)O)n1)c1sc2ccccc2c1Cl. The van der Waals surface area contributed by atoms with Crippen LogP contribution in [-0.4, -0.2) is 37.6 Å². The van der Waals surface area contributed by atoms with Gasteiger partial charge in [0.2, 0.25) is 0 Å². The molecule has 3 aromatic rings. The average Bonchev–Trinajstić information content (AvgIpc) is 3.20. The summed E-state index contributed by atoms with van der Waals surface area (Å²) in [6.07, 6.45) is 2.90. The summed E-state index contributed by atoms with van der Waals surface area (Å²) in [5.41, 5.74) is 0. The monoisotopic (exact) mass is 381 g/mol. The number of hydrogen-bond acceptors (Lipinski definition) is 7. The minimum Gasteiger partial charge on any atom is -0.351 e. The molecule has 1 amide bonds. The van der Waals surface area contributed by atoms with Crippen LogP contribution in [-0.2, 0) is 6.54 Å². The number of unbranched alkanes of at least 4 members (excludes halogenated alkanes) is 1. The van der Waals surface area contributed by atoms with Crippen LogP contribution in [0.15, 0.2) is 30.6 Å². The molecule has 2 aromatic heterocycles. The Morgan fingerprint density at radius 3 is 2.84 bits per heavy atom. The van der Waals surface area contributed by atoms with Gasteiger partial charge >= 0.3 is 0 Å². The number of thiophene rings is 1. The Morgan fingerprint density at radius 1 is 1.32 bits per heavy atom. The number of aryl methyl sites for hydroxylation is 1. The molecule has 0 aliphatic heterocycles. The van der Waals surface area contributed by atoms with E-state index in [9.17, 15) is 4.79 Å². The molecule has 0 aliphatic carbocycles. The molecule has 0 aliphatic rings. The number of carbonyl (C=O) groups is 1. The lowest BCUT2D eigenvalue weighted by molar-refractivity contribution is 0.0241. The van der Waals surface area contributed by atoms with E-state index in [0.717, 1.165) is 22.9 Å². The zero-order valence-electron chi connectivity index (χ0n) is 13.1. The van der Waals surface area contributed by atoms with Crippen molar-refractivity contribution in [2.75, 3.05) is 11.8 Å². The van der Waals surface area contributed by atoms with Gasteiger partial charge < -0.3 is 5.32 Å². The maximum Gasteiger partial charge on any atom is 0.295 e. The second-order valence-electron chi connectivity index (χ2n) is 5.30. The molecule has 0 bridgehead atoms. The lowest BCUT2D eigenvalue weighted by Crippen LogP contribution is -2.24. The van der Waals surface area contributed by atoms with Gasteiger partial charge in [0.15, 0.2) is 0 Å². The number of halogens is 1. The first-order valence-corrected chi connectivity index (χ1v) is 8.78. The van der Waals surface area contributed by atoms with Crippen molar-refractivity contribution in [1.82, 2.24) is 20.1 Å². The van der Waals surface area contributed by atoms with Crippen LogP contribution >= 0.6 is 22.9 Å². The zero-order valence-corrected chi connectivity index (χ0v) is 14.7. The van der Waals surface area contributed by atoms with Crippen molar-refractivity contribution in [2.45, 2.75) is 19.4 Å². The van der Waals surface area contributed by atoms with Gasteiger partial charge in [0.1, 0.15) is 11.2 Å². The fourth-order valence-corrected chi connectivity index (χ4v) is 3.76. The molecule has 2 heterocycles. The van der Waals surface area contributed by atoms with E-state index < -0.39 is 0 Å². The minimum absolute atomic E-state index is 0.133. The predicted octanol–water partition coefficient (Wildman–Crippen LogP) is 2.94. The van der Waals surface area contributed by atoms with Gasteiger partial charge in [-0.2, -0.15) is 4.98 Å². The molecule has 10 heteroatoms. The number of fused-ring (bicyclic) bond motifs is 1. The molecule has 0 radical (unpaired) electrons. The number of benzene rings is 1. The van der Waals surface area contributed by atoms with Gasteiger partial charge in [0, 0.05) is 23.2 Å². The maximum atomic E-state index is 12.3. The molecule has 0 spiro atoms. The molecule has 0 saturated heterocycles. The van der Waals surface area contributed by atoms with Crippen LogP contribution in [0.2, 0.25) is 5.02 Å². The second kappa shape index (κ2) is 7.79. The first kappa shape index (κ1) is 17.6. The molecule has 1 aromatic carbocycles. The summed E-state index contributed by atoms with van der Waals surface area (Å²) in [5, 5.41) is 25.5. The van der Waals surface area contributed by atoms with Crippen LogP contribution in [0.5, 0.6) is 0 Å². The number of anilines is 1. The normalized spacial score (nSPS) is 11.0. The molecule has 0 saturated carbocycles. The summed E-state index contributed by atoms with van der Waals surface area (Å²) in [7, 11) is 0. The van der Waals surface area contributed by atoms with Gasteiger partial charge in [-0.05, 0) is 18.9 Å². The van der Waals surface area contributed by atoms with Crippen LogP contribution < -0.4 is 10.5 Å². The van der Waals surface area contributed by atoms with E-state index >= 15 is 0 Å². The van der Waals surface area contributed by atoms with Gasteiger partial charge in [0.25, 0.3) is 11.9 Å². The van der Waals surface area contributed by atoms with Crippen molar-refractivity contribution < 1.29 is 15.2 Å². The highest BCUT2D eigenvalue weighted by atomic mass is 35.5. The molecule has 25 heavy (non-hydrogen) atoms. The maximum absolute atomic E-state index is 12.3. The number of nitrogens with zero attached hydrogens (tertiary/aromatic N) is 4. The van der Waals surface area contributed by atoms with Crippen LogP contribution in [0.4, 0.5) is 5.95 Å². The molecule has 8 nitrogen and oxygen atoms in total. The summed E-state index contributed by atoms with van der Waals surface area (Å²) in [4.78, 5) is 16.5.